The summed E-state index contributed by atoms with van der Waals surface area (Å²) in [7, 11) is 1.60. The van der Waals surface area contributed by atoms with Gasteiger partial charge in [0, 0.05) is 32.6 Å². The molecular formula is C10H18N2O3. The first kappa shape index (κ1) is 13.6. The van der Waals surface area contributed by atoms with E-state index in [9.17, 15) is 9.59 Å². The number of hydrogen-bond donors (Lipinski definition) is 2. The molecule has 0 aliphatic heterocycles. The van der Waals surface area contributed by atoms with E-state index in [4.69, 9.17) is 0 Å². The fourth-order valence-corrected chi connectivity index (χ4v) is 0.858. The minimum Gasteiger partial charge on any atom is -0.463 e. The molecule has 0 spiro atoms. The van der Waals surface area contributed by atoms with Crippen LogP contribution in [0.5, 0.6) is 0 Å². The van der Waals surface area contributed by atoms with Gasteiger partial charge in [0.2, 0.25) is 5.91 Å². The van der Waals surface area contributed by atoms with E-state index in [0.717, 1.165) is 0 Å². The summed E-state index contributed by atoms with van der Waals surface area (Å²) in [6.07, 6.45) is 3.47. The van der Waals surface area contributed by atoms with Crippen molar-refractivity contribution < 1.29 is 14.3 Å². The molecule has 0 fully saturated rings. The summed E-state index contributed by atoms with van der Waals surface area (Å²) >= 11 is 0. The van der Waals surface area contributed by atoms with E-state index in [-0.39, 0.29) is 11.9 Å². The van der Waals surface area contributed by atoms with E-state index in [1.54, 1.807) is 20.0 Å². The number of nitrogens with one attached hydrogen (secondary N) is 2. The van der Waals surface area contributed by atoms with E-state index in [1.165, 1.54) is 6.08 Å². The van der Waals surface area contributed by atoms with Crippen LogP contribution in [0.15, 0.2) is 12.2 Å². The molecule has 0 saturated carbocycles. The number of hydrogen-bond acceptors (Lipinski definition) is 4. The van der Waals surface area contributed by atoms with Gasteiger partial charge in [-0.2, -0.15) is 0 Å². The van der Waals surface area contributed by atoms with Crippen LogP contribution in [0.3, 0.4) is 0 Å². The zero-order valence-electron chi connectivity index (χ0n) is 9.21. The zero-order chi connectivity index (χ0) is 11.5. The van der Waals surface area contributed by atoms with Crippen molar-refractivity contribution in [3.8, 4) is 0 Å². The van der Waals surface area contributed by atoms with Gasteiger partial charge in [0.05, 0.1) is 6.61 Å². The molecule has 0 atom stereocenters. The molecule has 1 amide bonds. The van der Waals surface area contributed by atoms with Gasteiger partial charge in [-0.1, -0.05) is 6.08 Å². The predicted octanol–water partition coefficient (Wildman–Crippen LogP) is -0.169. The normalized spacial score (nSPS) is 10.3. The quantitative estimate of drug-likeness (QED) is 0.351. The van der Waals surface area contributed by atoms with Crippen LogP contribution in [0.2, 0.25) is 0 Å². The maximum Gasteiger partial charge on any atom is 0.330 e. The summed E-state index contributed by atoms with van der Waals surface area (Å²) in [4.78, 5) is 21.6. The van der Waals surface area contributed by atoms with Crippen molar-refractivity contribution >= 4 is 11.9 Å². The molecule has 0 unspecified atom stereocenters. The smallest absolute Gasteiger partial charge is 0.330 e. The summed E-state index contributed by atoms with van der Waals surface area (Å²) in [6, 6.07) is 0. The molecule has 0 aliphatic carbocycles. The maximum absolute atomic E-state index is 10.8. The Morgan fingerprint density at radius 3 is 2.73 bits per heavy atom. The Morgan fingerprint density at radius 2 is 2.13 bits per heavy atom. The Hall–Kier alpha value is -1.36. The number of amides is 1. The van der Waals surface area contributed by atoms with Crippen LogP contribution < -0.4 is 10.6 Å². The molecule has 0 bridgehead atoms. The van der Waals surface area contributed by atoms with E-state index in [2.05, 4.69) is 15.4 Å². The van der Waals surface area contributed by atoms with Crippen LogP contribution in [-0.4, -0.2) is 38.6 Å². The Kier molecular flexibility index (Phi) is 8.37. The Bertz CT molecular complexity index is 227. The van der Waals surface area contributed by atoms with Gasteiger partial charge >= 0.3 is 5.97 Å². The van der Waals surface area contributed by atoms with Crippen molar-refractivity contribution in [2.75, 3.05) is 26.7 Å². The molecule has 15 heavy (non-hydrogen) atoms. The van der Waals surface area contributed by atoms with E-state index in [1.807, 2.05) is 0 Å². The van der Waals surface area contributed by atoms with Crippen molar-refractivity contribution in [2.45, 2.75) is 13.3 Å². The van der Waals surface area contributed by atoms with Gasteiger partial charge in [-0.15, -0.1) is 0 Å². The fourth-order valence-electron chi connectivity index (χ4n) is 0.858. The minimum atomic E-state index is -0.342. The summed E-state index contributed by atoms with van der Waals surface area (Å²) in [6.45, 7) is 3.28. The third-order valence-corrected chi connectivity index (χ3v) is 1.61. The predicted molar refractivity (Wildman–Crippen MR) is 57.3 cm³/mol. The number of esters is 1. The average molecular weight is 214 g/mol. The maximum atomic E-state index is 10.8. The largest absolute Gasteiger partial charge is 0.463 e. The molecule has 0 heterocycles. The topological polar surface area (TPSA) is 67.4 Å². The fraction of sp³-hybridized carbons (Fsp3) is 0.600. The summed E-state index contributed by atoms with van der Waals surface area (Å²) < 4.78 is 4.69. The first-order valence-corrected chi connectivity index (χ1v) is 4.95. The molecule has 2 N–H and O–H groups in total. The van der Waals surface area contributed by atoms with Gasteiger partial charge in [-0.05, 0) is 6.92 Å². The lowest BCUT2D eigenvalue weighted by molar-refractivity contribution is -0.137. The monoisotopic (exact) mass is 214 g/mol. The molecule has 0 saturated heterocycles. The molecule has 0 radical (unpaired) electrons. The first-order chi connectivity index (χ1) is 7.20. The lowest BCUT2D eigenvalue weighted by Gasteiger charge is -2.00. The van der Waals surface area contributed by atoms with Gasteiger partial charge < -0.3 is 15.4 Å². The van der Waals surface area contributed by atoms with Crippen LogP contribution >= 0.6 is 0 Å². The molecular weight excluding hydrogens is 196 g/mol. The SMILES string of the molecule is CCOC(=O)/C=C/CNCCC(=O)NC. The molecule has 86 valence electrons. The second-order valence-electron chi connectivity index (χ2n) is 2.78. The first-order valence-electron chi connectivity index (χ1n) is 4.95. The Morgan fingerprint density at radius 1 is 1.40 bits per heavy atom. The second kappa shape index (κ2) is 9.21. The second-order valence-corrected chi connectivity index (χ2v) is 2.78. The van der Waals surface area contributed by atoms with E-state index >= 15 is 0 Å². The van der Waals surface area contributed by atoms with Crippen LogP contribution in [-0.2, 0) is 14.3 Å². The van der Waals surface area contributed by atoms with Gasteiger partial charge in [0.1, 0.15) is 0 Å². The minimum absolute atomic E-state index is 0.00290. The van der Waals surface area contributed by atoms with E-state index in [0.29, 0.717) is 26.1 Å². The molecule has 5 heteroatoms. The molecule has 0 aromatic carbocycles. The lowest BCUT2D eigenvalue weighted by Crippen LogP contribution is -2.24. The van der Waals surface area contributed by atoms with Crippen molar-refractivity contribution in [2.24, 2.45) is 0 Å². The van der Waals surface area contributed by atoms with Gasteiger partial charge in [-0.3, -0.25) is 4.79 Å². The molecule has 0 rings (SSSR count). The number of rotatable bonds is 7. The van der Waals surface area contributed by atoms with E-state index < -0.39 is 0 Å². The summed E-state index contributed by atoms with van der Waals surface area (Å²) in [5, 5.41) is 5.51. The van der Waals surface area contributed by atoms with Crippen LogP contribution in [0.1, 0.15) is 13.3 Å². The molecule has 0 aromatic heterocycles. The zero-order valence-corrected chi connectivity index (χ0v) is 9.21. The molecule has 5 nitrogen and oxygen atoms in total. The van der Waals surface area contributed by atoms with Gasteiger partial charge in [0.25, 0.3) is 0 Å². The standard InChI is InChI=1S/C10H18N2O3/c1-3-15-10(14)5-4-7-12-8-6-9(13)11-2/h4-5,12H,3,6-8H2,1-2H3,(H,11,13)/b5-4+. The Labute approximate surface area is 89.9 Å². The highest BCUT2D eigenvalue weighted by Crippen LogP contribution is 1.81. The van der Waals surface area contributed by atoms with Crippen molar-refractivity contribution in [1.82, 2.24) is 10.6 Å². The highest BCUT2D eigenvalue weighted by molar-refractivity contribution is 5.81. The van der Waals surface area contributed by atoms with Crippen molar-refractivity contribution in [1.29, 1.82) is 0 Å². The van der Waals surface area contributed by atoms with Crippen LogP contribution in [0.25, 0.3) is 0 Å². The lowest BCUT2D eigenvalue weighted by atomic mass is 10.4. The average Bonchev–Trinajstić information content (AvgIpc) is 2.23. The highest BCUT2D eigenvalue weighted by Gasteiger charge is 1.95. The summed E-state index contributed by atoms with van der Waals surface area (Å²) in [5.41, 5.74) is 0. The van der Waals surface area contributed by atoms with Gasteiger partial charge in [0.15, 0.2) is 0 Å². The third kappa shape index (κ3) is 8.96. The van der Waals surface area contributed by atoms with Crippen molar-refractivity contribution in [3.05, 3.63) is 12.2 Å². The van der Waals surface area contributed by atoms with Crippen LogP contribution in [0.4, 0.5) is 0 Å². The highest BCUT2D eigenvalue weighted by atomic mass is 16.5. The van der Waals surface area contributed by atoms with Crippen LogP contribution in [0, 0.1) is 0 Å². The third-order valence-electron chi connectivity index (χ3n) is 1.61. The Balaban J connectivity index is 3.38. The molecule has 0 aromatic rings. The summed E-state index contributed by atoms with van der Waals surface area (Å²) in [5.74, 6) is -0.345. The number of carbonyl (C=O) groups is 2. The number of ether oxygens (including phenoxy) is 1. The molecule has 0 aliphatic rings. The van der Waals surface area contributed by atoms with Crippen molar-refractivity contribution in [3.63, 3.8) is 0 Å². The van der Waals surface area contributed by atoms with Gasteiger partial charge in [-0.25, -0.2) is 4.79 Å². The number of carbonyl (C=O) groups excluding carboxylic acids is 2.